The summed E-state index contributed by atoms with van der Waals surface area (Å²) in [5, 5.41) is 23.4. The van der Waals surface area contributed by atoms with E-state index in [9.17, 15) is 38.2 Å². The Morgan fingerprint density at radius 1 is 0.590 bits per heavy atom. The van der Waals surface area contributed by atoms with Crippen LogP contribution in [0.1, 0.15) is 20.7 Å². The van der Waals surface area contributed by atoms with Gasteiger partial charge in [-0.15, -0.1) is 0 Å². The summed E-state index contributed by atoms with van der Waals surface area (Å²) in [5.74, 6) is -0.168. The number of ether oxygens (including phenoxy) is 2. The molecule has 0 bridgehead atoms. The molecule has 39 heavy (non-hydrogen) atoms. The van der Waals surface area contributed by atoms with Crippen LogP contribution in [-0.2, 0) is 9.84 Å². The first kappa shape index (κ1) is 26.6. The summed E-state index contributed by atoms with van der Waals surface area (Å²) in [6.07, 6.45) is 1.22. The van der Waals surface area contributed by atoms with Gasteiger partial charge in [0.25, 0.3) is 0 Å². The Morgan fingerprint density at radius 2 is 0.949 bits per heavy atom. The lowest BCUT2D eigenvalue weighted by Crippen LogP contribution is -2.05. The van der Waals surface area contributed by atoms with Crippen LogP contribution in [0, 0.1) is 20.2 Å². The zero-order valence-corrected chi connectivity index (χ0v) is 20.4. The maximum Gasteiger partial charge on any atom is 0.312 e. The summed E-state index contributed by atoms with van der Waals surface area (Å²) in [4.78, 5) is 42.3. The molecule has 0 radical (unpaired) electrons. The molecule has 0 heterocycles. The highest BCUT2D eigenvalue weighted by molar-refractivity contribution is 7.91. The first-order valence-corrected chi connectivity index (χ1v) is 12.4. The van der Waals surface area contributed by atoms with Gasteiger partial charge in [-0.3, -0.25) is 29.8 Å². The molecule has 0 fully saturated rings. The van der Waals surface area contributed by atoms with Gasteiger partial charge in [0, 0.05) is 23.3 Å². The molecular weight excluding hydrogens is 532 g/mol. The molecule has 0 spiro atoms. The van der Waals surface area contributed by atoms with Crippen molar-refractivity contribution in [3.05, 3.63) is 116 Å². The van der Waals surface area contributed by atoms with Crippen LogP contribution >= 0.6 is 0 Å². The van der Waals surface area contributed by atoms with Crippen molar-refractivity contribution < 1.29 is 37.3 Å². The molecule has 0 aliphatic carbocycles. The van der Waals surface area contributed by atoms with E-state index >= 15 is 0 Å². The van der Waals surface area contributed by atoms with Gasteiger partial charge >= 0.3 is 11.4 Å². The van der Waals surface area contributed by atoms with Crippen LogP contribution in [-0.4, -0.2) is 30.8 Å². The lowest BCUT2D eigenvalue weighted by atomic mass is 10.2. The highest BCUT2D eigenvalue weighted by Gasteiger charge is 2.27. The molecule has 4 aromatic carbocycles. The lowest BCUT2D eigenvalue weighted by molar-refractivity contribution is -0.385. The van der Waals surface area contributed by atoms with Crippen LogP contribution < -0.4 is 9.47 Å². The Labute approximate surface area is 220 Å². The van der Waals surface area contributed by atoms with Crippen molar-refractivity contribution >= 4 is 33.8 Å². The average Bonchev–Trinajstić information content (AvgIpc) is 2.94. The number of hydrogen-bond acceptors (Lipinski definition) is 10. The highest BCUT2D eigenvalue weighted by atomic mass is 32.2. The van der Waals surface area contributed by atoms with Crippen molar-refractivity contribution in [3.63, 3.8) is 0 Å². The number of sulfone groups is 1. The fraction of sp³-hybridized carbons (Fsp3) is 0. The maximum atomic E-state index is 13.3. The Balaban J connectivity index is 1.68. The van der Waals surface area contributed by atoms with Gasteiger partial charge in [-0.05, 0) is 72.8 Å². The minimum absolute atomic E-state index is 0.173. The number of carbonyl (C=O) groups excluding carboxylic acids is 2. The second kappa shape index (κ2) is 10.9. The Kier molecular flexibility index (Phi) is 7.44. The summed E-state index contributed by atoms with van der Waals surface area (Å²) in [6.45, 7) is 0. The molecule has 0 aliphatic rings. The normalized spacial score (nSPS) is 10.9. The Bertz CT molecular complexity index is 1580. The van der Waals surface area contributed by atoms with Crippen molar-refractivity contribution in [1.29, 1.82) is 0 Å². The van der Waals surface area contributed by atoms with Crippen molar-refractivity contribution in [3.8, 4) is 23.0 Å². The number of rotatable bonds is 10. The molecule has 0 aliphatic heterocycles. The number of nitrogens with zero attached hydrogens (tertiary/aromatic N) is 2. The Morgan fingerprint density at radius 3 is 1.26 bits per heavy atom. The third-order valence-electron chi connectivity index (χ3n) is 5.36. The zero-order valence-electron chi connectivity index (χ0n) is 19.6. The van der Waals surface area contributed by atoms with Crippen LogP contribution in [0.4, 0.5) is 11.4 Å². The van der Waals surface area contributed by atoms with Crippen LogP contribution in [0.3, 0.4) is 0 Å². The first-order valence-electron chi connectivity index (χ1n) is 10.9. The molecule has 0 N–H and O–H groups in total. The van der Waals surface area contributed by atoms with Gasteiger partial charge in [0.2, 0.25) is 21.3 Å². The molecule has 0 saturated carbocycles. The van der Waals surface area contributed by atoms with E-state index in [1.54, 1.807) is 0 Å². The second-order valence-electron chi connectivity index (χ2n) is 7.85. The first-order chi connectivity index (χ1) is 18.6. The minimum atomic E-state index is -4.45. The average molecular weight is 548 g/mol. The number of nitro groups is 2. The highest BCUT2D eigenvalue weighted by Crippen LogP contribution is 2.38. The van der Waals surface area contributed by atoms with Gasteiger partial charge in [-0.1, -0.05) is 0 Å². The number of hydrogen-bond donors (Lipinski definition) is 0. The largest absolute Gasteiger partial charge is 0.450 e. The second-order valence-corrected chi connectivity index (χ2v) is 9.80. The van der Waals surface area contributed by atoms with E-state index in [4.69, 9.17) is 9.47 Å². The molecule has 13 heteroatoms. The molecule has 0 unspecified atom stereocenters. The maximum absolute atomic E-state index is 13.3. The summed E-state index contributed by atoms with van der Waals surface area (Å²) in [6, 6.07) is 17.3. The summed E-state index contributed by atoms with van der Waals surface area (Å²) < 4.78 is 37.5. The molecular formula is C26H16N2O10S. The fourth-order valence-electron chi connectivity index (χ4n) is 3.41. The predicted octanol–water partition coefficient (Wildman–Crippen LogP) is 5.55. The van der Waals surface area contributed by atoms with Crippen molar-refractivity contribution in [2.75, 3.05) is 0 Å². The van der Waals surface area contributed by atoms with E-state index in [1.807, 2.05) is 0 Å². The quantitative estimate of drug-likeness (QED) is 0.139. The number of aldehydes is 2. The minimum Gasteiger partial charge on any atom is -0.450 e. The molecule has 12 nitrogen and oxygen atoms in total. The Hall–Kier alpha value is -5.43. The van der Waals surface area contributed by atoms with Gasteiger partial charge in [-0.2, -0.15) is 0 Å². The molecule has 0 amide bonds. The molecule has 196 valence electrons. The van der Waals surface area contributed by atoms with E-state index in [0.29, 0.717) is 23.7 Å². The molecule has 4 rings (SSSR count). The van der Waals surface area contributed by atoms with E-state index in [-0.39, 0.29) is 23.0 Å². The van der Waals surface area contributed by atoms with E-state index < -0.39 is 40.8 Å². The van der Waals surface area contributed by atoms with Crippen LogP contribution in [0.2, 0.25) is 0 Å². The van der Waals surface area contributed by atoms with Gasteiger partial charge < -0.3 is 9.47 Å². The van der Waals surface area contributed by atoms with Crippen molar-refractivity contribution in [1.82, 2.24) is 0 Å². The molecule has 0 aromatic heterocycles. The number of nitro benzene ring substituents is 2. The van der Waals surface area contributed by atoms with Crippen LogP contribution in [0.5, 0.6) is 23.0 Å². The molecule has 0 saturated heterocycles. The van der Waals surface area contributed by atoms with Gasteiger partial charge in [0.15, 0.2) is 0 Å². The smallest absolute Gasteiger partial charge is 0.312 e. The lowest BCUT2D eigenvalue weighted by Gasteiger charge is -2.10. The van der Waals surface area contributed by atoms with Gasteiger partial charge in [-0.25, -0.2) is 8.42 Å². The number of carbonyl (C=O) groups is 2. The topological polar surface area (TPSA) is 173 Å². The zero-order chi connectivity index (χ0) is 28.2. The van der Waals surface area contributed by atoms with Gasteiger partial charge in [0.1, 0.15) is 24.1 Å². The van der Waals surface area contributed by atoms with Crippen molar-refractivity contribution in [2.45, 2.75) is 9.79 Å². The monoisotopic (exact) mass is 548 g/mol. The third kappa shape index (κ3) is 5.78. The predicted molar refractivity (Wildman–Crippen MR) is 135 cm³/mol. The van der Waals surface area contributed by atoms with Gasteiger partial charge in [0.05, 0.1) is 19.6 Å². The van der Waals surface area contributed by atoms with E-state index in [0.717, 1.165) is 36.4 Å². The number of benzene rings is 4. The van der Waals surface area contributed by atoms with Crippen LogP contribution in [0.15, 0.2) is 94.7 Å². The van der Waals surface area contributed by atoms with E-state index in [2.05, 4.69) is 0 Å². The van der Waals surface area contributed by atoms with Crippen molar-refractivity contribution in [2.24, 2.45) is 0 Å². The third-order valence-corrected chi connectivity index (χ3v) is 7.11. The molecule has 4 aromatic rings. The fourth-order valence-corrected chi connectivity index (χ4v) is 4.71. The van der Waals surface area contributed by atoms with Crippen LogP contribution in [0.25, 0.3) is 0 Å². The molecule has 0 atom stereocenters. The standard InChI is InChI=1S/C26H16N2O10S/c29-15-17-1-5-19(6-2-17)37-25-11-9-21(13-23(25)27(31)32)39(35,36)22-10-12-26(24(14-22)28(33)34)38-20-7-3-18(16-30)4-8-20/h1-16H. The SMILES string of the molecule is O=Cc1ccc(Oc2ccc(S(=O)(=O)c3ccc(Oc4ccc(C=O)cc4)c([N+](=O)[O-])c3)cc2[N+](=O)[O-])cc1. The van der Waals surface area contributed by atoms with E-state index in [1.165, 1.54) is 48.5 Å². The summed E-state index contributed by atoms with van der Waals surface area (Å²) in [5.41, 5.74) is -0.605. The summed E-state index contributed by atoms with van der Waals surface area (Å²) >= 11 is 0. The summed E-state index contributed by atoms with van der Waals surface area (Å²) in [7, 11) is -4.45.